The first-order valence-corrected chi connectivity index (χ1v) is 7.03. The predicted molar refractivity (Wildman–Crippen MR) is 71.5 cm³/mol. The monoisotopic (exact) mass is 228 g/mol. The quantitative estimate of drug-likeness (QED) is 0.763. The first-order chi connectivity index (χ1) is 8.42. The largest absolute Gasteiger partial charge is 0.299 e. The molecule has 2 fully saturated rings. The highest BCUT2D eigenvalue weighted by Gasteiger charge is 2.31. The van der Waals surface area contributed by atoms with Crippen LogP contribution in [-0.4, -0.2) is 18.0 Å². The summed E-state index contributed by atoms with van der Waals surface area (Å²) < 4.78 is 0. The van der Waals surface area contributed by atoms with E-state index in [-0.39, 0.29) is 0 Å². The maximum Gasteiger partial charge on any atom is 0.0233 e. The molecule has 1 heterocycles. The van der Waals surface area contributed by atoms with Crippen LogP contribution in [0.2, 0.25) is 0 Å². The molecule has 1 aromatic carbocycles. The molecule has 2 aliphatic rings. The molecule has 1 saturated carbocycles. The van der Waals surface area contributed by atoms with Crippen LogP contribution in [0.3, 0.4) is 0 Å². The molecule has 1 nitrogen and oxygen atoms in total. The first-order valence-electron chi connectivity index (χ1n) is 7.03. The van der Waals surface area contributed by atoms with E-state index in [2.05, 4.69) is 35.2 Å². The van der Waals surface area contributed by atoms with Crippen LogP contribution in [0.15, 0.2) is 30.3 Å². The van der Waals surface area contributed by atoms with Crippen LogP contribution < -0.4 is 0 Å². The van der Waals surface area contributed by atoms with E-state index in [1.165, 1.54) is 50.8 Å². The van der Waals surface area contributed by atoms with Gasteiger partial charge in [0, 0.05) is 13.1 Å². The molecular weight excluding hydrogens is 206 g/mol. The smallest absolute Gasteiger partial charge is 0.0233 e. The van der Waals surface area contributed by atoms with Gasteiger partial charge < -0.3 is 0 Å². The molecule has 91 valence electrons. The molecule has 0 aromatic heterocycles. The third-order valence-corrected chi connectivity index (χ3v) is 4.34. The second-order valence-corrected chi connectivity index (χ2v) is 5.57. The zero-order valence-electron chi connectivity index (χ0n) is 10.6. The molecule has 1 heteroatoms. The van der Waals surface area contributed by atoms with Crippen LogP contribution in [-0.2, 0) is 6.54 Å². The normalized spacial score (nSPS) is 26.7. The van der Waals surface area contributed by atoms with E-state index < -0.39 is 0 Å². The lowest BCUT2D eigenvalue weighted by atomic mass is 9.90. The van der Waals surface area contributed by atoms with E-state index >= 15 is 0 Å². The molecule has 0 spiro atoms. The van der Waals surface area contributed by atoms with Gasteiger partial charge in [-0.05, 0) is 43.2 Å². The van der Waals surface area contributed by atoms with Crippen molar-refractivity contribution in [3.63, 3.8) is 0 Å². The van der Waals surface area contributed by atoms with E-state index in [0.717, 1.165) is 12.5 Å². The molecule has 1 aliphatic heterocycles. The van der Waals surface area contributed by atoms with Crippen molar-refractivity contribution < 1.29 is 0 Å². The van der Waals surface area contributed by atoms with Gasteiger partial charge in [0.2, 0.25) is 0 Å². The van der Waals surface area contributed by atoms with Gasteiger partial charge in [0.05, 0.1) is 0 Å². The molecule has 1 aliphatic carbocycles. The Labute approximate surface area is 105 Å². The minimum atomic E-state index is 0.918. The van der Waals surface area contributed by atoms with Crippen molar-refractivity contribution in [3.05, 3.63) is 41.8 Å². The summed E-state index contributed by atoms with van der Waals surface area (Å²) in [5.41, 5.74) is 1.46. The van der Waals surface area contributed by atoms with Gasteiger partial charge >= 0.3 is 0 Å². The Morgan fingerprint density at radius 3 is 2.59 bits per heavy atom. The molecule has 0 N–H and O–H groups in total. The summed E-state index contributed by atoms with van der Waals surface area (Å²) in [5.74, 6) is 2.79. The highest BCUT2D eigenvalue weighted by molar-refractivity contribution is 5.15. The maximum atomic E-state index is 2.63. The second kappa shape index (κ2) is 5.22. The molecule has 0 amide bonds. The fourth-order valence-electron chi connectivity index (χ4n) is 3.39. The van der Waals surface area contributed by atoms with Crippen LogP contribution in [0.4, 0.5) is 0 Å². The van der Waals surface area contributed by atoms with Crippen LogP contribution >= 0.6 is 0 Å². The van der Waals surface area contributed by atoms with Gasteiger partial charge in [-0.25, -0.2) is 0 Å². The SMILES string of the molecule is c1ccc(CN2CC[C@@H]([C]3CCCC3)C2)cc1. The zero-order valence-corrected chi connectivity index (χ0v) is 10.6. The number of likely N-dealkylation sites (tertiary alicyclic amines) is 1. The number of nitrogens with zero attached hydrogens (tertiary/aromatic N) is 1. The summed E-state index contributed by atoms with van der Waals surface area (Å²) in [5, 5.41) is 0. The maximum absolute atomic E-state index is 2.63. The number of hydrogen-bond acceptors (Lipinski definition) is 1. The van der Waals surface area contributed by atoms with E-state index in [1.54, 1.807) is 0 Å². The summed E-state index contributed by atoms with van der Waals surface area (Å²) in [4.78, 5) is 2.63. The highest BCUT2D eigenvalue weighted by atomic mass is 15.1. The Morgan fingerprint density at radius 2 is 1.82 bits per heavy atom. The van der Waals surface area contributed by atoms with Crippen molar-refractivity contribution in [2.24, 2.45) is 5.92 Å². The average Bonchev–Trinajstić information content (AvgIpc) is 3.00. The summed E-state index contributed by atoms with van der Waals surface area (Å²) >= 11 is 0. The Balaban J connectivity index is 1.53. The van der Waals surface area contributed by atoms with Gasteiger partial charge in [0.15, 0.2) is 0 Å². The van der Waals surface area contributed by atoms with Crippen LogP contribution in [0.5, 0.6) is 0 Å². The van der Waals surface area contributed by atoms with Crippen molar-refractivity contribution in [1.82, 2.24) is 4.90 Å². The zero-order chi connectivity index (χ0) is 11.5. The Hall–Kier alpha value is -0.820. The Morgan fingerprint density at radius 1 is 1.06 bits per heavy atom. The van der Waals surface area contributed by atoms with Gasteiger partial charge in [-0.1, -0.05) is 43.2 Å². The van der Waals surface area contributed by atoms with Gasteiger partial charge in [-0.2, -0.15) is 0 Å². The third kappa shape index (κ3) is 2.71. The van der Waals surface area contributed by atoms with Crippen molar-refractivity contribution >= 4 is 0 Å². The minimum Gasteiger partial charge on any atom is -0.299 e. The number of rotatable bonds is 3. The summed E-state index contributed by atoms with van der Waals surface area (Å²) in [6.07, 6.45) is 7.14. The molecule has 1 saturated heterocycles. The van der Waals surface area contributed by atoms with Crippen molar-refractivity contribution in [2.45, 2.75) is 38.6 Å². The lowest BCUT2D eigenvalue weighted by Crippen LogP contribution is -2.21. The molecule has 0 unspecified atom stereocenters. The molecule has 17 heavy (non-hydrogen) atoms. The van der Waals surface area contributed by atoms with Crippen molar-refractivity contribution in [3.8, 4) is 0 Å². The van der Waals surface area contributed by atoms with E-state index in [1.807, 2.05) is 5.92 Å². The second-order valence-electron chi connectivity index (χ2n) is 5.57. The van der Waals surface area contributed by atoms with Crippen molar-refractivity contribution in [1.29, 1.82) is 0 Å². The summed E-state index contributed by atoms with van der Waals surface area (Å²) in [6.45, 7) is 3.75. The molecule has 1 aromatic rings. The predicted octanol–water partition coefficient (Wildman–Crippen LogP) is 3.66. The lowest BCUT2D eigenvalue weighted by Gasteiger charge is -2.19. The fraction of sp³-hybridized carbons (Fsp3) is 0.562. The average molecular weight is 228 g/mol. The molecule has 1 radical (unpaired) electrons. The fourth-order valence-corrected chi connectivity index (χ4v) is 3.39. The number of hydrogen-bond donors (Lipinski definition) is 0. The molecular formula is C16H22N. The Kier molecular flexibility index (Phi) is 3.46. The van der Waals surface area contributed by atoms with Crippen LogP contribution in [0, 0.1) is 11.8 Å². The number of benzene rings is 1. The van der Waals surface area contributed by atoms with Crippen LogP contribution in [0.25, 0.3) is 0 Å². The standard InChI is InChI=1S/C16H22N/c1-2-6-14(7-3-1)12-17-11-10-16(13-17)15-8-4-5-9-15/h1-3,6-7,16H,4-5,8-13H2/t16-/m1/s1. The Bertz CT molecular complexity index is 340. The van der Waals surface area contributed by atoms with E-state index in [0.29, 0.717) is 0 Å². The summed E-state index contributed by atoms with van der Waals surface area (Å²) in [7, 11) is 0. The third-order valence-electron chi connectivity index (χ3n) is 4.34. The van der Waals surface area contributed by atoms with Crippen molar-refractivity contribution in [2.75, 3.05) is 13.1 Å². The molecule has 0 bridgehead atoms. The highest BCUT2D eigenvalue weighted by Crippen LogP contribution is 2.38. The minimum absolute atomic E-state index is 0.918. The van der Waals surface area contributed by atoms with E-state index in [9.17, 15) is 0 Å². The van der Waals surface area contributed by atoms with Gasteiger partial charge in [0.1, 0.15) is 0 Å². The van der Waals surface area contributed by atoms with Crippen LogP contribution in [0.1, 0.15) is 37.7 Å². The van der Waals surface area contributed by atoms with Gasteiger partial charge in [-0.3, -0.25) is 4.90 Å². The van der Waals surface area contributed by atoms with Gasteiger partial charge in [-0.15, -0.1) is 0 Å². The molecule has 1 atom stereocenters. The summed E-state index contributed by atoms with van der Waals surface area (Å²) in [6, 6.07) is 10.9. The van der Waals surface area contributed by atoms with E-state index in [4.69, 9.17) is 0 Å². The lowest BCUT2D eigenvalue weighted by molar-refractivity contribution is 0.317. The van der Waals surface area contributed by atoms with Gasteiger partial charge in [0.25, 0.3) is 0 Å². The molecule has 3 rings (SSSR count). The first kappa shape index (κ1) is 11.3. The topological polar surface area (TPSA) is 3.24 Å².